The van der Waals surface area contributed by atoms with Crippen molar-refractivity contribution in [1.82, 2.24) is 4.90 Å². The van der Waals surface area contributed by atoms with Crippen molar-refractivity contribution < 1.29 is 14.7 Å². The molecule has 1 aromatic carbocycles. The Balaban J connectivity index is 1.86. The number of benzene rings is 1. The Morgan fingerprint density at radius 2 is 1.86 bits per heavy atom. The zero-order valence-electron chi connectivity index (χ0n) is 13.4. The van der Waals surface area contributed by atoms with Crippen molar-refractivity contribution in [2.75, 3.05) is 0 Å². The largest absolute Gasteiger partial charge is 0.480 e. The average Bonchev–Trinajstić information content (AvgIpc) is 3.32. The molecular weight excluding hydrogens is 278 g/mol. The van der Waals surface area contributed by atoms with Crippen LogP contribution in [0, 0.1) is 5.92 Å². The van der Waals surface area contributed by atoms with E-state index in [2.05, 4.69) is 12.1 Å². The lowest BCUT2D eigenvalue weighted by molar-refractivity contribution is -0.151. The Morgan fingerprint density at radius 3 is 2.41 bits per heavy atom. The predicted octanol–water partition coefficient (Wildman–Crippen LogP) is 3.11. The molecule has 4 nitrogen and oxygen atoms in total. The number of aliphatic carboxylic acids is 1. The lowest BCUT2D eigenvalue weighted by Gasteiger charge is -2.29. The normalized spacial score (nSPS) is 16.8. The van der Waals surface area contributed by atoms with Gasteiger partial charge < -0.3 is 10.0 Å². The van der Waals surface area contributed by atoms with E-state index in [1.54, 1.807) is 11.8 Å². The summed E-state index contributed by atoms with van der Waals surface area (Å²) in [6.45, 7) is 3.52. The van der Waals surface area contributed by atoms with Crippen molar-refractivity contribution in [2.24, 2.45) is 5.92 Å². The first kappa shape index (κ1) is 16.5. The van der Waals surface area contributed by atoms with Gasteiger partial charge in [-0.05, 0) is 44.6 Å². The van der Waals surface area contributed by atoms with Gasteiger partial charge in [0.15, 0.2) is 0 Å². The van der Waals surface area contributed by atoms with Gasteiger partial charge in [-0.3, -0.25) is 4.79 Å². The molecule has 1 saturated carbocycles. The third kappa shape index (κ3) is 4.33. The van der Waals surface area contributed by atoms with E-state index in [9.17, 15) is 14.7 Å². The first-order valence-corrected chi connectivity index (χ1v) is 8.09. The molecule has 1 aliphatic carbocycles. The van der Waals surface area contributed by atoms with Crippen LogP contribution in [0.3, 0.4) is 0 Å². The van der Waals surface area contributed by atoms with E-state index in [1.165, 1.54) is 5.56 Å². The molecular formula is C18H25NO3. The number of aryl methyl sites for hydroxylation is 1. The lowest BCUT2D eigenvalue weighted by Crippen LogP contribution is -2.46. The van der Waals surface area contributed by atoms with Crippen LogP contribution in [0.15, 0.2) is 30.3 Å². The fourth-order valence-electron chi connectivity index (χ4n) is 2.79. The second-order valence-corrected chi connectivity index (χ2v) is 6.27. The molecule has 1 aromatic rings. The third-order valence-electron chi connectivity index (χ3n) is 4.34. The molecule has 1 fully saturated rings. The minimum atomic E-state index is -0.920. The molecule has 0 aromatic heterocycles. The van der Waals surface area contributed by atoms with Crippen LogP contribution < -0.4 is 0 Å². The molecule has 0 radical (unpaired) electrons. The number of hydrogen-bond acceptors (Lipinski definition) is 2. The first-order valence-electron chi connectivity index (χ1n) is 8.09. The van der Waals surface area contributed by atoms with Gasteiger partial charge in [-0.2, -0.15) is 0 Å². The van der Waals surface area contributed by atoms with Crippen LogP contribution in [0.4, 0.5) is 0 Å². The SMILES string of the molecule is CC(CCCc1ccccc1)C(=O)N(C1CC1)C(C)C(=O)O. The van der Waals surface area contributed by atoms with Crippen molar-refractivity contribution in [3.8, 4) is 0 Å². The predicted molar refractivity (Wildman–Crippen MR) is 85.5 cm³/mol. The Labute approximate surface area is 132 Å². The summed E-state index contributed by atoms with van der Waals surface area (Å²) < 4.78 is 0. The van der Waals surface area contributed by atoms with Gasteiger partial charge in [-0.15, -0.1) is 0 Å². The second kappa shape index (κ2) is 7.43. The quantitative estimate of drug-likeness (QED) is 0.803. The van der Waals surface area contributed by atoms with Gasteiger partial charge in [-0.1, -0.05) is 37.3 Å². The van der Waals surface area contributed by atoms with E-state index in [-0.39, 0.29) is 17.9 Å². The molecule has 4 heteroatoms. The van der Waals surface area contributed by atoms with Crippen LogP contribution in [-0.4, -0.2) is 34.0 Å². The van der Waals surface area contributed by atoms with E-state index in [1.807, 2.05) is 25.1 Å². The number of carbonyl (C=O) groups excluding carboxylic acids is 1. The van der Waals surface area contributed by atoms with Crippen LogP contribution in [0.5, 0.6) is 0 Å². The second-order valence-electron chi connectivity index (χ2n) is 6.27. The maximum atomic E-state index is 12.6. The molecule has 2 rings (SSSR count). The standard InChI is InChI=1S/C18H25NO3/c1-13(7-6-10-15-8-4-3-5-9-15)17(20)19(16-11-12-16)14(2)18(21)22/h3-5,8-9,13-14,16H,6-7,10-12H2,1-2H3,(H,21,22). The molecule has 1 amide bonds. The van der Waals surface area contributed by atoms with Gasteiger partial charge in [0.1, 0.15) is 6.04 Å². The fraction of sp³-hybridized carbons (Fsp3) is 0.556. The smallest absolute Gasteiger partial charge is 0.326 e. The number of carbonyl (C=O) groups is 2. The molecule has 0 aliphatic heterocycles. The van der Waals surface area contributed by atoms with Gasteiger partial charge >= 0.3 is 5.97 Å². The van der Waals surface area contributed by atoms with Gasteiger partial charge in [0.25, 0.3) is 0 Å². The van der Waals surface area contributed by atoms with Gasteiger partial charge in [0, 0.05) is 12.0 Å². The monoisotopic (exact) mass is 303 g/mol. The summed E-state index contributed by atoms with van der Waals surface area (Å²) in [5.41, 5.74) is 1.28. The average molecular weight is 303 g/mol. The molecule has 120 valence electrons. The Kier molecular flexibility index (Phi) is 5.58. The van der Waals surface area contributed by atoms with Crippen molar-refractivity contribution >= 4 is 11.9 Å². The zero-order valence-corrected chi connectivity index (χ0v) is 13.4. The summed E-state index contributed by atoms with van der Waals surface area (Å²) in [6.07, 6.45) is 4.55. The van der Waals surface area contributed by atoms with Crippen molar-refractivity contribution in [2.45, 2.75) is 58.0 Å². The van der Waals surface area contributed by atoms with E-state index in [4.69, 9.17) is 0 Å². The Hall–Kier alpha value is -1.84. The molecule has 0 saturated heterocycles. The van der Waals surface area contributed by atoms with E-state index < -0.39 is 12.0 Å². The fourth-order valence-corrected chi connectivity index (χ4v) is 2.79. The molecule has 1 N–H and O–H groups in total. The van der Waals surface area contributed by atoms with Crippen molar-refractivity contribution in [1.29, 1.82) is 0 Å². The summed E-state index contributed by atoms with van der Waals surface area (Å²) in [6, 6.07) is 9.63. The maximum Gasteiger partial charge on any atom is 0.326 e. The van der Waals surface area contributed by atoms with E-state index in [0.29, 0.717) is 0 Å². The first-order chi connectivity index (χ1) is 10.5. The van der Waals surface area contributed by atoms with Gasteiger partial charge in [0.05, 0.1) is 0 Å². The summed E-state index contributed by atoms with van der Waals surface area (Å²) >= 11 is 0. The third-order valence-corrected chi connectivity index (χ3v) is 4.34. The van der Waals surface area contributed by atoms with Gasteiger partial charge in [0.2, 0.25) is 5.91 Å². The minimum absolute atomic E-state index is 0.00883. The molecule has 0 heterocycles. The minimum Gasteiger partial charge on any atom is -0.480 e. The zero-order chi connectivity index (χ0) is 16.1. The molecule has 1 aliphatic rings. The number of carboxylic acid groups (broad SMARTS) is 1. The van der Waals surface area contributed by atoms with E-state index in [0.717, 1.165) is 32.1 Å². The van der Waals surface area contributed by atoms with Crippen LogP contribution in [0.2, 0.25) is 0 Å². The van der Waals surface area contributed by atoms with Crippen LogP contribution in [-0.2, 0) is 16.0 Å². The highest BCUT2D eigenvalue weighted by molar-refractivity contribution is 5.85. The van der Waals surface area contributed by atoms with Crippen LogP contribution in [0.25, 0.3) is 0 Å². The molecule has 2 atom stereocenters. The lowest BCUT2D eigenvalue weighted by atomic mass is 9.99. The number of amides is 1. The molecule has 0 bridgehead atoms. The summed E-state index contributed by atoms with van der Waals surface area (Å²) in [4.78, 5) is 25.4. The summed E-state index contributed by atoms with van der Waals surface area (Å²) in [7, 11) is 0. The van der Waals surface area contributed by atoms with Crippen LogP contribution >= 0.6 is 0 Å². The Morgan fingerprint density at radius 1 is 1.23 bits per heavy atom. The van der Waals surface area contributed by atoms with Gasteiger partial charge in [-0.25, -0.2) is 4.79 Å². The molecule has 22 heavy (non-hydrogen) atoms. The van der Waals surface area contributed by atoms with Crippen LogP contribution in [0.1, 0.15) is 45.1 Å². The van der Waals surface area contributed by atoms with Crippen molar-refractivity contribution in [3.63, 3.8) is 0 Å². The molecule has 2 unspecified atom stereocenters. The number of carboxylic acids is 1. The number of hydrogen-bond donors (Lipinski definition) is 1. The number of rotatable bonds is 8. The topological polar surface area (TPSA) is 57.6 Å². The molecule has 0 spiro atoms. The summed E-state index contributed by atoms with van der Waals surface area (Å²) in [5, 5.41) is 9.19. The highest BCUT2D eigenvalue weighted by Crippen LogP contribution is 2.31. The van der Waals surface area contributed by atoms with E-state index >= 15 is 0 Å². The maximum absolute atomic E-state index is 12.6. The highest BCUT2D eigenvalue weighted by Gasteiger charge is 2.39. The summed E-state index contributed by atoms with van der Waals surface area (Å²) in [5.74, 6) is -1.05. The number of nitrogens with zero attached hydrogens (tertiary/aromatic N) is 1. The van der Waals surface area contributed by atoms with Crippen molar-refractivity contribution in [3.05, 3.63) is 35.9 Å². The Bertz CT molecular complexity index is 510. The highest BCUT2D eigenvalue weighted by atomic mass is 16.4.